The molecule has 3 fully saturated rings. The Labute approximate surface area is 123 Å². The van der Waals surface area contributed by atoms with Crippen LogP contribution in [0.15, 0.2) is 11.6 Å². The van der Waals surface area contributed by atoms with Gasteiger partial charge in [-0.1, -0.05) is 25.8 Å². The highest BCUT2D eigenvalue weighted by Crippen LogP contribution is 2.65. The average molecular weight is 272 g/mol. The van der Waals surface area contributed by atoms with Crippen LogP contribution >= 0.6 is 0 Å². The zero-order chi connectivity index (χ0) is 14.0. The summed E-state index contributed by atoms with van der Waals surface area (Å²) in [4.78, 5) is 11.8. The zero-order valence-electron chi connectivity index (χ0n) is 13.1. The van der Waals surface area contributed by atoms with E-state index in [1.165, 1.54) is 50.5 Å². The molecule has 0 amide bonds. The molecule has 20 heavy (non-hydrogen) atoms. The Bertz CT molecular complexity index is 476. The zero-order valence-corrected chi connectivity index (χ0v) is 13.1. The summed E-state index contributed by atoms with van der Waals surface area (Å²) in [6.07, 6.45) is 13.8. The molecule has 5 atom stereocenters. The molecule has 0 N–H and O–H groups in total. The van der Waals surface area contributed by atoms with Crippen LogP contribution in [0.1, 0.15) is 71.6 Å². The van der Waals surface area contributed by atoms with E-state index in [2.05, 4.69) is 13.8 Å². The monoisotopic (exact) mass is 272 g/mol. The molecular weight excluding hydrogens is 244 g/mol. The molecule has 0 aliphatic heterocycles. The van der Waals surface area contributed by atoms with Crippen LogP contribution in [0.5, 0.6) is 0 Å². The molecule has 0 spiro atoms. The number of hydrogen-bond donors (Lipinski definition) is 0. The topological polar surface area (TPSA) is 17.1 Å². The molecule has 0 heterocycles. The van der Waals surface area contributed by atoms with E-state index in [-0.39, 0.29) is 0 Å². The first-order valence-corrected chi connectivity index (χ1v) is 8.77. The largest absolute Gasteiger partial charge is 0.295 e. The normalized spacial score (nSPS) is 51.0. The van der Waals surface area contributed by atoms with E-state index < -0.39 is 0 Å². The smallest absolute Gasteiger partial charge is 0.155 e. The predicted molar refractivity (Wildman–Crippen MR) is 81.3 cm³/mol. The number of fused-ring (bicyclic) bond motifs is 5. The van der Waals surface area contributed by atoms with Gasteiger partial charge in [0.25, 0.3) is 0 Å². The standard InChI is InChI=1S/C19H28O/c1-18-9-3-4-16(18)15-6-5-13-12-14(20)7-11-19(13,2)17(15)8-10-18/h12,15-17H,3-11H2,1-2H3/t15-,16-,17-,18-,19-/m0/s1. The van der Waals surface area contributed by atoms with Gasteiger partial charge in [0.1, 0.15) is 0 Å². The summed E-state index contributed by atoms with van der Waals surface area (Å²) in [6, 6.07) is 0. The summed E-state index contributed by atoms with van der Waals surface area (Å²) in [7, 11) is 0. The fourth-order valence-corrected chi connectivity index (χ4v) is 6.55. The molecule has 0 radical (unpaired) electrons. The Morgan fingerprint density at radius 2 is 1.85 bits per heavy atom. The third-order valence-corrected chi connectivity index (χ3v) is 7.74. The third kappa shape index (κ3) is 1.64. The second-order valence-corrected chi connectivity index (χ2v) is 8.55. The molecule has 0 aromatic rings. The van der Waals surface area contributed by atoms with Gasteiger partial charge < -0.3 is 0 Å². The quantitative estimate of drug-likeness (QED) is 0.612. The van der Waals surface area contributed by atoms with Crippen molar-refractivity contribution in [3.05, 3.63) is 11.6 Å². The summed E-state index contributed by atoms with van der Waals surface area (Å²) >= 11 is 0. The van der Waals surface area contributed by atoms with Crippen LogP contribution in [-0.2, 0) is 4.79 Å². The van der Waals surface area contributed by atoms with Crippen molar-refractivity contribution in [1.29, 1.82) is 0 Å². The van der Waals surface area contributed by atoms with Gasteiger partial charge in [0, 0.05) is 6.42 Å². The molecule has 0 bridgehead atoms. The van der Waals surface area contributed by atoms with Gasteiger partial charge in [0.2, 0.25) is 0 Å². The van der Waals surface area contributed by atoms with Crippen molar-refractivity contribution in [2.24, 2.45) is 28.6 Å². The van der Waals surface area contributed by atoms with E-state index >= 15 is 0 Å². The summed E-state index contributed by atoms with van der Waals surface area (Å²) in [5.41, 5.74) is 2.53. The van der Waals surface area contributed by atoms with Gasteiger partial charge in [0.15, 0.2) is 5.78 Å². The lowest BCUT2D eigenvalue weighted by atomic mass is 9.47. The van der Waals surface area contributed by atoms with Crippen molar-refractivity contribution in [2.75, 3.05) is 0 Å². The summed E-state index contributed by atoms with van der Waals surface area (Å²) < 4.78 is 0. The average Bonchev–Trinajstić information content (AvgIpc) is 2.81. The minimum Gasteiger partial charge on any atom is -0.295 e. The number of rotatable bonds is 0. The highest BCUT2D eigenvalue weighted by atomic mass is 16.1. The molecule has 0 unspecified atom stereocenters. The second-order valence-electron chi connectivity index (χ2n) is 8.55. The van der Waals surface area contributed by atoms with Crippen LogP contribution in [0, 0.1) is 28.6 Å². The van der Waals surface area contributed by atoms with Gasteiger partial charge in [-0.3, -0.25) is 4.79 Å². The SMILES string of the molecule is C[C@@]12CCC[C@H]1[C@@H]1CCC3=CC(=O)CC[C@]3(C)[C@H]1CC2. The molecule has 110 valence electrons. The van der Waals surface area contributed by atoms with E-state index in [1.807, 2.05) is 6.08 Å². The maximum Gasteiger partial charge on any atom is 0.155 e. The lowest BCUT2D eigenvalue weighted by molar-refractivity contribution is -0.117. The minimum absolute atomic E-state index is 0.362. The van der Waals surface area contributed by atoms with Gasteiger partial charge in [-0.25, -0.2) is 0 Å². The fourth-order valence-electron chi connectivity index (χ4n) is 6.55. The predicted octanol–water partition coefficient (Wildman–Crippen LogP) is 4.91. The molecular formula is C19H28O. The van der Waals surface area contributed by atoms with Crippen LogP contribution in [-0.4, -0.2) is 5.78 Å². The van der Waals surface area contributed by atoms with Gasteiger partial charge in [-0.2, -0.15) is 0 Å². The van der Waals surface area contributed by atoms with Crippen molar-refractivity contribution in [3.63, 3.8) is 0 Å². The number of allylic oxidation sites excluding steroid dienone is 1. The van der Waals surface area contributed by atoms with Crippen molar-refractivity contribution >= 4 is 5.78 Å². The van der Waals surface area contributed by atoms with Crippen LogP contribution in [0.4, 0.5) is 0 Å². The van der Waals surface area contributed by atoms with Crippen LogP contribution in [0.2, 0.25) is 0 Å². The van der Waals surface area contributed by atoms with Gasteiger partial charge in [-0.15, -0.1) is 0 Å². The first kappa shape index (κ1) is 13.1. The third-order valence-electron chi connectivity index (χ3n) is 7.74. The molecule has 1 nitrogen and oxygen atoms in total. The lowest BCUT2D eigenvalue weighted by Gasteiger charge is -2.57. The van der Waals surface area contributed by atoms with Gasteiger partial charge in [-0.05, 0) is 79.6 Å². The molecule has 4 aliphatic rings. The Morgan fingerprint density at radius 3 is 2.70 bits per heavy atom. The summed E-state index contributed by atoms with van der Waals surface area (Å²) in [6.45, 7) is 5.05. The van der Waals surface area contributed by atoms with Crippen molar-refractivity contribution in [3.8, 4) is 0 Å². The fraction of sp³-hybridized carbons (Fsp3) is 0.842. The molecule has 4 rings (SSSR count). The molecule has 4 aliphatic carbocycles. The Hall–Kier alpha value is -0.590. The van der Waals surface area contributed by atoms with E-state index in [9.17, 15) is 4.79 Å². The number of hydrogen-bond acceptors (Lipinski definition) is 1. The second kappa shape index (κ2) is 4.21. The Balaban J connectivity index is 1.69. The number of carbonyl (C=O) groups excluding carboxylic acids is 1. The molecule has 0 saturated heterocycles. The molecule has 3 saturated carbocycles. The minimum atomic E-state index is 0.362. The van der Waals surface area contributed by atoms with Crippen LogP contribution in [0.25, 0.3) is 0 Å². The van der Waals surface area contributed by atoms with Crippen LogP contribution < -0.4 is 0 Å². The lowest BCUT2D eigenvalue weighted by Crippen LogP contribution is -2.49. The first-order valence-electron chi connectivity index (χ1n) is 8.77. The summed E-state index contributed by atoms with van der Waals surface area (Å²) in [5, 5.41) is 0. The number of carbonyl (C=O) groups is 1. The van der Waals surface area contributed by atoms with Gasteiger partial charge in [0.05, 0.1) is 0 Å². The van der Waals surface area contributed by atoms with Gasteiger partial charge >= 0.3 is 0 Å². The van der Waals surface area contributed by atoms with E-state index in [0.717, 1.165) is 30.6 Å². The molecule has 1 heteroatoms. The van der Waals surface area contributed by atoms with E-state index in [0.29, 0.717) is 16.6 Å². The Kier molecular flexibility index (Phi) is 2.76. The molecule has 0 aromatic carbocycles. The Morgan fingerprint density at radius 1 is 1.00 bits per heavy atom. The maximum absolute atomic E-state index is 11.8. The maximum atomic E-state index is 11.8. The summed E-state index contributed by atoms with van der Waals surface area (Å²) in [5.74, 6) is 3.19. The number of ketones is 1. The van der Waals surface area contributed by atoms with Crippen molar-refractivity contribution in [2.45, 2.75) is 71.6 Å². The highest BCUT2D eigenvalue weighted by Gasteiger charge is 2.55. The van der Waals surface area contributed by atoms with Crippen LogP contribution in [0.3, 0.4) is 0 Å². The van der Waals surface area contributed by atoms with E-state index in [4.69, 9.17) is 0 Å². The first-order chi connectivity index (χ1) is 9.53. The van der Waals surface area contributed by atoms with Crippen molar-refractivity contribution < 1.29 is 4.79 Å². The molecule has 0 aromatic heterocycles. The van der Waals surface area contributed by atoms with E-state index in [1.54, 1.807) is 0 Å². The highest BCUT2D eigenvalue weighted by molar-refractivity contribution is 5.91. The van der Waals surface area contributed by atoms with Crippen molar-refractivity contribution in [1.82, 2.24) is 0 Å².